The van der Waals surface area contributed by atoms with E-state index in [1.807, 2.05) is 19.1 Å². The first-order chi connectivity index (χ1) is 15.5. The molecule has 0 bridgehead atoms. The second-order valence-corrected chi connectivity index (χ2v) is 8.87. The van der Waals surface area contributed by atoms with Crippen LogP contribution in [0.3, 0.4) is 0 Å². The van der Waals surface area contributed by atoms with E-state index in [0.29, 0.717) is 17.0 Å². The van der Waals surface area contributed by atoms with E-state index >= 15 is 0 Å². The van der Waals surface area contributed by atoms with Crippen LogP contribution in [0.2, 0.25) is 0 Å². The molecule has 0 aromatic heterocycles. The number of oxime groups is 2. The molecule has 1 aliphatic rings. The lowest BCUT2D eigenvalue weighted by molar-refractivity contribution is 0.312. The number of hydrogen-bond acceptors (Lipinski definition) is 5. The molecule has 0 amide bonds. The van der Waals surface area contributed by atoms with Crippen molar-refractivity contribution in [2.24, 2.45) is 16.2 Å². The van der Waals surface area contributed by atoms with E-state index in [9.17, 15) is 15.7 Å². The highest BCUT2D eigenvalue weighted by atomic mass is 16.4. The molecule has 5 nitrogen and oxygen atoms in total. The van der Waals surface area contributed by atoms with Crippen LogP contribution in [-0.4, -0.2) is 21.8 Å². The van der Waals surface area contributed by atoms with Crippen molar-refractivity contribution in [3.05, 3.63) is 58.7 Å². The molecule has 1 aliphatic carbocycles. The van der Waals surface area contributed by atoms with Gasteiger partial charge >= 0.3 is 0 Å². The highest BCUT2D eigenvalue weighted by molar-refractivity contribution is 6.14. The lowest BCUT2D eigenvalue weighted by Crippen LogP contribution is -2.26. The molecule has 2 aromatic rings. The van der Waals surface area contributed by atoms with Crippen molar-refractivity contribution in [3.63, 3.8) is 0 Å². The molecule has 0 radical (unpaired) electrons. The van der Waals surface area contributed by atoms with Crippen molar-refractivity contribution in [2.75, 3.05) is 0 Å². The van der Waals surface area contributed by atoms with Crippen LogP contribution in [0.5, 0.6) is 0 Å². The Balaban J connectivity index is 2.25. The summed E-state index contributed by atoms with van der Waals surface area (Å²) in [5.41, 5.74) is 7.20. The molecule has 0 heterocycles. The van der Waals surface area contributed by atoms with Crippen LogP contribution in [0.25, 0.3) is 11.1 Å². The van der Waals surface area contributed by atoms with Gasteiger partial charge in [-0.3, -0.25) is 0 Å². The van der Waals surface area contributed by atoms with Gasteiger partial charge in [-0.25, -0.2) is 0 Å². The topological polar surface area (TPSA) is 89.0 Å². The number of hydrogen-bond donors (Lipinski definition) is 2. The van der Waals surface area contributed by atoms with E-state index < -0.39 is 0 Å². The smallest absolute Gasteiger partial charge is 0.0991 e. The molecule has 32 heavy (non-hydrogen) atoms. The van der Waals surface area contributed by atoms with Gasteiger partial charge in [-0.15, -0.1) is 0 Å². The van der Waals surface area contributed by atoms with E-state index in [1.165, 1.54) is 22.3 Å². The molecule has 0 spiro atoms. The average Bonchev–Trinajstić information content (AvgIpc) is 3.09. The number of nitrogens with zero attached hydrogens (tertiary/aromatic N) is 3. The molecule has 3 rings (SSSR count). The van der Waals surface area contributed by atoms with Gasteiger partial charge in [0.15, 0.2) is 0 Å². The Labute approximate surface area is 191 Å². The Kier molecular flexibility index (Phi) is 7.35. The van der Waals surface area contributed by atoms with Gasteiger partial charge in [0.1, 0.15) is 0 Å². The molecule has 168 valence electrons. The fourth-order valence-corrected chi connectivity index (χ4v) is 5.02. The van der Waals surface area contributed by atoms with Gasteiger partial charge in [0.2, 0.25) is 0 Å². The Hall–Kier alpha value is -3.13. The number of unbranched alkanes of at least 4 members (excludes halogenated alkanes) is 2. The summed E-state index contributed by atoms with van der Waals surface area (Å²) in [6.45, 7) is 8.01. The summed E-state index contributed by atoms with van der Waals surface area (Å²) < 4.78 is 0. The predicted molar refractivity (Wildman–Crippen MR) is 129 cm³/mol. The first-order valence-corrected chi connectivity index (χ1v) is 11.6. The fourth-order valence-electron chi connectivity index (χ4n) is 5.02. The lowest BCUT2D eigenvalue weighted by Gasteiger charge is -2.33. The maximum atomic E-state index is 9.81. The largest absolute Gasteiger partial charge is 0.411 e. The van der Waals surface area contributed by atoms with Crippen LogP contribution in [0.4, 0.5) is 0 Å². The summed E-state index contributed by atoms with van der Waals surface area (Å²) in [4.78, 5) is 0. The van der Waals surface area contributed by atoms with Gasteiger partial charge in [0, 0.05) is 16.9 Å². The monoisotopic (exact) mass is 431 g/mol. The van der Waals surface area contributed by atoms with Crippen molar-refractivity contribution in [2.45, 2.75) is 71.6 Å². The summed E-state index contributed by atoms with van der Waals surface area (Å²) in [7, 11) is 0. The second kappa shape index (κ2) is 9.99. The molecule has 0 saturated carbocycles. The molecule has 1 atom stereocenters. The SMILES string of the molecule is CCCCC1(CCCC)c2cc(C#N)ccc2-c2ccc(C(=NO)C(C)C(C)=NO)cc21. The van der Waals surface area contributed by atoms with Crippen LogP contribution in [0.15, 0.2) is 46.7 Å². The van der Waals surface area contributed by atoms with Gasteiger partial charge in [0.25, 0.3) is 0 Å². The molecule has 5 heteroatoms. The minimum absolute atomic E-state index is 0.163. The third-order valence-corrected chi connectivity index (χ3v) is 7.00. The van der Waals surface area contributed by atoms with Crippen molar-refractivity contribution in [1.82, 2.24) is 0 Å². The zero-order valence-electron chi connectivity index (χ0n) is 19.5. The molecular formula is C27H33N3O2. The average molecular weight is 432 g/mol. The fraction of sp³-hybridized carbons (Fsp3) is 0.444. The van der Waals surface area contributed by atoms with Gasteiger partial charge in [-0.1, -0.05) is 75.0 Å². The Morgan fingerprint density at radius 2 is 1.56 bits per heavy atom. The van der Waals surface area contributed by atoms with Crippen LogP contribution >= 0.6 is 0 Å². The van der Waals surface area contributed by atoms with Crippen molar-refractivity contribution < 1.29 is 10.4 Å². The molecule has 1 unspecified atom stereocenters. The zero-order valence-corrected chi connectivity index (χ0v) is 19.5. The van der Waals surface area contributed by atoms with E-state index in [-0.39, 0.29) is 11.3 Å². The molecule has 0 fully saturated rings. The van der Waals surface area contributed by atoms with Crippen LogP contribution in [-0.2, 0) is 5.41 Å². The van der Waals surface area contributed by atoms with E-state index in [0.717, 1.165) is 44.1 Å². The molecular weight excluding hydrogens is 398 g/mol. The number of nitriles is 1. The van der Waals surface area contributed by atoms with Gasteiger partial charge in [-0.05, 0) is 60.2 Å². The van der Waals surface area contributed by atoms with Crippen LogP contribution in [0.1, 0.15) is 88.5 Å². The van der Waals surface area contributed by atoms with Crippen molar-refractivity contribution in [1.29, 1.82) is 5.26 Å². The van der Waals surface area contributed by atoms with Crippen LogP contribution < -0.4 is 0 Å². The molecule has 2 N–H and O–H groups in total. The third kappa shape index (κ3) is 4.02. The molecule has 2 aromatic carbocycles. The summed E-state index contributed by atoms with van der Waals surface area (Å²) in [6, 6.07) is 14.6. The predicted octanol–water partition coefficient (Wildman–Crippen LogP) is 6.87. The highest BCUT2D eigenvalue weighted by Gasteiger charge is 2.42. The van der Waals surface area contributed by atoms with Crippen LogP contribution in [0, 0.1) is 17.2 Å². The van der Waals surface area contributed by atoms with Gasteiger partial charge in [0.05, 0.1) is 23.1 Å². The lowest BCUT2D eigenvalue weighted by atomic mass is 9.70. The molecule has 0 aliphatic heterocycles. The van der Waals surface area contributed by atoms with E-state index in [2.05, 4.69) is 54.5 Å². The summed E-state index contributed by atoms with van der Waals surface area (Å²) >= 11 is 0. The second-order valence-electron chi connectivity index (χ2n) is 8.87. The number of benzene rings is 2. The van der Waals surface area contributed by atoms with Crippen molar-refractivity contribution >= 4 is 11.4 Å². The minimum Gasteiger partial charge on any atom is -0.411 e. The normalized spacial score (nSPS) is 15.7. The van der Waals surface area contributed by atoms with Gasteiger partial charge < -0.3 is 10.4 Å². The number of rotatable bonds is 9. The Bertz CT molecular complexity index is 1070. The minimum atomic E-state index is -0.322. The number of fused-ring (bicyclic) bond motifs is 3. The standard InChI is InChI=1S/C27H33N3O2/c1-5-7-13-27(14-8-6-2)24-15-20(17-28)9-11-22(24)23-12-10-21(16-25(23)27)26(30-32)18(3)19(4)29-31/h9-12,15-16,18,31-32H,5-8,13-14H2,1-4H3. The van der Waals surface area contributed by atoms with E-state index in [4.69, 9.17) is 0 Å². The summed E-state index contributed by atoms with van der Waals surface area (Å²) in [5, 5.41) is 35.5. The Morgan fingerprint density at radius 1 is 0.969 bits per heavy atom. The van der Waals surface area contributed by atoms with Crippen molar-refractivity contribution in [3.8, 4) is 17.2 Å². The van der Waals surface area contributed by atoms with E-state index in [1.54, 1.807) is 6.92 Å². The maximum absolute atomic E-state index is 9.81. The first kappa shape index (κ1) is 23.5. The maximum Gasteiger partial charge on any atom is 0.0991 e. The quantitative estimate of drug-likeness (QED) is 0.258. The zero-order chi connectivity index (χ0) is 23.3. The highest BCUT2D eigenvalue weighted by Crippen LogP contribution is 2.54. The molecule has 0 saturated heterocycles. The summed E-state index contributed by atoms with van der Waals surface area (Å²) in [6.07, 6.45) is 6.42. The summed E-state index contributed by atoms with van der Waals surface area (Å²) in [5.74, 6) is -0.322. The van der Waals surface area contributed by atoms with Gasteiger partial charge in [-0.2, -0.15) is 5.26 Å². The Morgan fingerprint density at radius 3 is 2.09 bits per heavy atom. The first-order valence-electron chi connectivity index (χ1n) is 11.6. The third-order valence-electron chi connectivity index (χ3n) is 7.00.